The van der Waals surface area contributed by atoms with Crippen molar-refractivity contribution in [1.29, 1.82) is 0 Å². The summed E-state index contributed by atoms with van der Waals surface area (Å²) in [6.07, 6.45) is 2.76. The molecule has 0 fully saturated rings. The third kappa shape index (κ3) is 5.26. The molecule has 2 aliphatic rings. The number of fused-ring (bicyclic) bond motifs is 9. The second-order valence-corrected chi connectivity index (χ2v) is 17.3. The van der Waals surface area contributed by atoms with Crippen molar-refractivity contribution in [2.75, 3.05) is 4.90 Å². The number of rotatable bonds is 4. The van der Waals surface area contributed by atoms with Crippen LogP contribution >= 0.6 is 0 Å². The van der Waals surface area contributed by atoms with Gasteiger partial charge in [0.1, 0.15) is 5.65 Å². The number of amidine groups is 1. The molecule has 0 N–H and O–H groups in total. The van der Waals surface area contributed by atoms with E-state index < -0.39 is 5.54 Å². The van der Waals surface area contributed by atoms with Gasteiger partial charge in [0.25, 0.3) is 0 Å². The molecule has 0 spiro atoms. The maximum atomic E-state index is 5.80. The number of aliphatic imine (C=N–C) groups is 1. The maximum Gasteiger partial charge on any atom is 2.00 e. The van der Waals surface area contributed by atoms with Gasteiger partial charge in [-0.15, -0.1) is 46.8 Å². The van der Waals surface area contributed by atoms with Gasteiger partial charge in [-0.2, -0.15) is 6.07 Å². The molecule has 4 heterocycles. The third-order valence-electron chi connectivity index (χ3n) is 13.2. The molecule has 0 saturated heterocycles. The first-order chi connectivity index (χ1) is 27.9. The number of aromatic nitrogens is 3. The van der Waals surface area contributed by atoms with Crippen molar-refractivity contribution in [3.8, 4) is 11.4 Å². The monoisotopic (exact) mass is 946 g/mol. The van der Waals surface area contributed by atoms with Gasteiger partial charge in [-0.3, -0.25) is 0 Å². The molecule has 5 nitrogen and oxygen atoms in total. The van der Waals surface area contributed by atoms with E-state index >= 15 is 0 Å². The average Bonchev–Trinajstić information content (AvgIpc) is 3.83. The molecule has 9 aromatic rings. The summed E-state index contributed by atoms with van der Waals surface area (Å²) in [4.78, 5) is 13.3. The van der Waals surface area contributed by atoms with Crippen molar-refractivity contribution in [1.82, 2.24) is 14.1 Å². The third-order valence-corrected chi connectivity index (χ3v) is 13.2. The second kappa shape index (κ2) is 13.1. The van der Waals surface area contributed by atoms with Crippen LogP contribution in [0.15, 0.2) is 120 Å². The number of anilines is 1. The quantitative estimate of drug-likeness (QED) is 0.165. The zero-order valence-electron chi connectivity index (χ0n) is 34.7. The Bertz CT molecular complexity index is 3250. The van der Waals surface area contributed by atoms with Gasteiger partial charge >= 0.3 is 21.1 Å². The first-order valence-electron chi connectivity index (χ1n) is 20.4. The zero-order valence-corrected chi connectivity index (χ0v) is 37.0. The number of benzene rings is 6. The molecule has 59 heavy (non-hydrogen) atoms. The van der Waals surface area contributed by atoms with Gasteiger partial charge < -0.3 is 19.0 Å². The average molecular weight is 947 g/mol. The Hall–Kier alpha value is -5.77. The molecular weight excluding hydrogens is 902 g/mol. The van der Waals surface area contributed by atoms with Crippen LogP contribution in [-0.4, -0.2) is 25.5 Å². The van der Waals surface area contributed by atoms with E-state index in [1.807, 2.05) is 12.3 Å². The maximum absolute atomic E-state index is 5.80. The van der Waals surface area contributed by atoms with Crippen LogP contribution in [0.5, 0.6) is 0 Å². The summed E-state index contributed by atoms with van der Waals surface area (Å²) in [5.74, 6) is 0.965. The fourth-order valence-corrected chi connectivity index (χ4v) is 10.6. The normalized spacial score (nSPS) is 18.5. The number of hydrogen-bond acceptors (Lipinski definition) is 3. The summed E-state index contributed by atoms with van der Waals surface area (Å²) in [5, 5.41) is 4.68. The largest absolute Gasteiger partial charge is 2.00 e. The molecule has 1 aliphatic carbocycles. The summed E-state index contributed by atoms with van der Waals surface area (Å²) in [7, 11) is 0. The molecule has 6 aromatic carbocycles. The Morgan fingerprint density at radius 3 is 2.02 bits per heavy atom. The van der Waals surface area contributed by atoms with Crippen LogP contribution < -0.4 is 4.90 Å². The van der Waals surface area contributed by atoms with Crippen LogP contribution in [0.4, 0.5) is 5.69 Å². The Labute approximate surface area is 360 Å². The van der Waals surface area contributed by atoms with Crippen molar-refractivity contribution in [3.05, 3.63) is 178 Å². The SMILES string of the molecule is Cc1cc(C2=N[C@]3(C)Cc4ccccc4[C@]3(C)N2c2c(C)cc(C)cc2C)[c-]c(-n2c3[c-]c(-n4c5ccc(C)cc5c5cccnc54)ccc3c3cc(C)ccc32)c1.[Pt+2]. The van der Waals surface area contributed by atoms with Crippen LogP contribution in [0.2, 0.25) is 0 Å². The molecule has 11 rings (SSSR count). The summed E-state index contributed by atoms with van der Waals surface area (Å²) >= 11 is 0. The second-order valence-electron chi connectivity index (χ2n) is 17.3. The predicted molar refractivity (Wildman–Crippen MR) is 240 cm³/mol. The Morgan fingerprint density at radius 2 is 1.27 bits per heavy atom. The van der Waals surface area contributed by atoms with Crippen LogP contribution in [0.25, 0.3) is 55.1 Å². The zero-order chi connectivity index (χ0) is 39.8. The standard InChI is InChI=1S/C53H45N5.Pt/c1-31-15-19-46-43(26-31)41-18-17-39(57-47-20-16-32(2)27-44(47)42-13-11-21-54-51(42)57)29-48(41)56(46)40-25-34(4)24-38(28-40)50-55-52(7)30-37-12-9-10-14-45(37)53(52,8)58(50)49-35(5)22-33(3)23-36(49)6;/h9-27H,30H2,1-8H3;/q-2;+2/t52-,53+;/m1./s1. The molecule has 6 heteroatoms. The van der Waals surface area contributed by atoms with E-state index in [9.17, 15) is 0 Å². The van der Waals surface area contributed by atoms with Gasteiger partial charge in [0.05, 0.1) is 22.4 Å². The number of pyridine rings is 1. The molecular formula is C53H45N5Pt. The molecule has 2 atom stereocenters. The first kappa shape index (κ1) is 37.5. The summed E-state index contributed by atoms with van der Waals surface area (Å²) < 4.78 is 4.62. The van der Waals surface area contributed by atoms with Crippen LogP contribution in [0.3, 0.4) is 0 Å². The summed E-state index contributed by atoms with van der Waals surface area (Å²) in [5.41, 5.74) is 17.6. The minimum Gasteiger partial charge on any atom is -0.354 e. The first-order valence-corrected chi connectivity index (χ1v) is 20.4. The minimum atomic E-state index is -0.399. The van der Waals surface area contributed by atoms with Crippen LogP contribution in [0, 0.1) is 53.7 Å². The molecule has 292 valence electrons. The van der Waals surface area contributed by atoms with E-state index in [1.54, 1.807) is 0 Å². The van der Waals surface area contributed by atoms with E-state index in [0.29, 0.717) is 0 Å². The molecule has 0 amide bonds. The van der Waals surface area contributed by atoms with E-state index in [4.69, 9.17) is 9.98 Å². The van der Waals surface area contributed by atoms with Gasteiger partial charge in [0.15, 0.2) is 0 Å². The van der Waals surface area contributed by atoms with Crippen molar-refractivity contribution < 1.29 is 21.1 Å². The Kier molecular flexibility index (Phi) is 8.34. The Morgan fingerprint density at radius 1 is 0.593 bits per heavy atom. The van der Waals surface area contributed by atoms with E-state index in [1.165, 1.54) is 55.4 Å². The van der Waals surface area contributed by atoms with Crippen molar-refractivity contribution in [2.45, 2.75) is 72.9 Å². The predicted octanol–water partition coefficient (Wildman–Crippen LogP) is 12.2. The molecule has 0 radical (unpaired) electrons. The molecule has 0 unspecified atom stereocenters. The van der Waals surface area contributed by atoms with Crippen LogP contribution in [0.1, 0.15) is 63.9 Å². The van der Waals surface area contributed by atoms with Crippen LogP contribution in [-0.2, 0) is 33.0 Å². The molecule has 3 aromatic heterocycles. The fourth-order valence-electron chi connectivity index (χ4n) is 10.6. The van der Waals surface area contributed by atoms with Crippen molar-refractivity contribution in [3.63, 3.8) is 0 Å². The van der Waals surface area contributed by atoms with E-state index in [2.05, 4.69) is 185 Å². The van der Waals surface area contributed by atoms with Gasteiger partial charge in [0, 0.05) is 28.2 Å². The molecule has 1 aliphatic heterocycles. The van der Waals surface area contributed by atoms with Gasteiger partial charge in [-0.25, -0.2) is 4.98 Å². The smallest absolute Gasteiger partial charge is 0.354 e. The van der Waals surface area contributed by atoms with E-state index in [0.717, 1.165) is 67.7 Å². The number of nitrogens with zero attached hydrogens (tertiary/aromatic N) is 5. The van der Waals surface area contributed by atoms with Gasteiger partial charge in [-0.1, -0.05) is 89.4 Å². The van der Waals surface area contributed by atoms with Crippen molar-refractivity contribution >= 4 is 55.3 Å². The van der Waals surface area contributed by atoms with Gasteiger partial charge in [0.2, 0.25) is 0 Å². The molecule has 0 bridgehead atoms. The number of hydrogen-bond donors (Lipinski definition) is 0. The fraction of sp³-hybridized carbons (Fsp3) is 0.208. The topological polar surface area (TPSA) is 38.4 Å². The van der Waals surface area contributed by atoms with Gasteiger partial charge in [-0.05, 0) is 119 Å². The van der Waals surface area contributed by atoms with E-state index in [-0.39, 0.29) is 26.6 Å². The van der Waals surface area contributed by atoms with Crippen molar-refractivity contribution in [2.24, 2.45) is 4.99 Å². The molecule has 0 saturated carbocycles. The summed E-state index contributed by atoms with van der Waals surface area (Å²) in [6.45, 7) is 18.0. The number of aryl methyl sites for hydroxylation is 6. The minimum absolute atomic E-state index is 0. The Balaban J connectivity index is 0.00000420. The summed E-state index contributed by atoms with van der Waals surface area (Å²) in [6, 6.07) is 48.1.